The third-order valence-electron chi connectivity index (χ3n) is 12.9. The van der Waals surface area contributed by atoms with Crippen LogP contribution in [0.5, 0.6) is 17.2 Å². The fraction of sp³-hybridized carbons (Fsp3) is 0.446. The van der Waals surface area contributed by atoms with E-state index in [1.54, 1.807) is 21.3 Å². The number of carbonyl (C=O) groups is 2. The first-order chi connectivity index (χ1) is 32.9. The Morgan fingerprint density at radius 3 is 1.87 bits per heavy atom. The summed E-state index contributed by atoms with van der Waals surface area (Å²) in [5.41, 5.74) is 2.71. The molecule has 0 N–H and O–H groups in total. The summed E-state index contributed by atoms with van der Waals surface area (Å²) in [4.78, 5) is 33.3. The van der Waals surface area contributed by atoms with E-state index in [0.29, 0.717) is 32.2 Å². The van der Waals surface area contributed by atoms with Crippen molar-refractivity contribution in [1.82, 2.24) is 9.57 Å². The number of ketones is 1. The Hall–Kier alpha value is -5.34. The minimum absolute atomic E-state index is 0.0466. The van der Waals surface area contributed by atoms with Gasteiger partial charge in [-0.05, 0) is 116 Å². The van der Waals surface area contributed by atoms with Crippen LogP contribution in [0.2, 0.25) is 0 Å². The molecule has 1 aliphatic heterocycles. The first-order valence-corrected chi connectivity index (χ1v) is 25.1. The molecule has 1 amide bonds. The van der Waals surface area contributed by atoms with Gasteiger partial charge in [-0.15, -0.1) is 0 Å². The number of carbonyl (C=O) groups excluding carboxylic acids is 2. The Bertz CT molecular complexity index is 2350. The maximum atomic E-state index is 14.5. The second-order valence-electron chi connectivity index (χ2n) is 18.1. The van der Waals surface area contributed by atoms with E-state index >= 15 is 0 Å². The van der Waals surface area contributed by atoms with Crippen LogP contribution in [0.25, 0.3) is 15.6 Å². The maximum absolute atomic E-state index is 14.5. The quantitative estimate of drug-likeness (QED) is 0.0232. The van der Waals surface area contributed by atoms with Gasteiger partial charge in [-0.1, -0.05) is 98.6 Å². The second-order valence-corrected chi connectivity index (χ2v) is 19.5. The van der Waals surface area contributed by atoms with Gasteiger partial charge in [0.25, 0.3) is 8.53 Å². The van der Waals surface area contributed by atoms with Crippen molar-refractivity contribution < 1.29 is 37.6 Å². The zero-order valence-corrected chi connectivity index (χ0v) is 42.1. The molecular weight excluding hydrogens is 874 g/mol. The molecule has 0 radical (unpaired) electrons. The highest BCUT2D eigenvalue weighted by atomic mass is 31.2. The molecule has 1 fully saturated rings. The number of unbranched alkanes of at least 4 members (excludes halogenated alkanes) is 3. The molecule has 0 aliphatic carbocycles. The Labute approximate surface area is 405 Å². The predicted molar refractivity (Wildman–Crippen MR) is 271 cm³/mol. The number of likely N-dealkylation sites (tertiary alicyclic amines) is 1. The van der Waals surface area contributed by atoms with Crippen LogP contribution in [0.1, 0.15) is 108 Å². The number of hydrogen-bond donors (Lipinski definition) is 0. The van der Waals surface area contributed by atoms with Gasteiger partial charge in [-0.2, -0.15) is 0 Å². The summed E-state index contributed by atoms with van der Waals surface area (Å²) < 4.78 is 39.4. The van der Waals surface area contributed by atoms with Crippen molar-refractivity contribution in [2.24, 2.45) is 0 Å². The largest absolute Gasteiger partial charge is 0.497 e. The minimum atomic E-state index is -1.53. The van der Waals surface area contributed by atoms with E-state index in [2.05, 4.69) is 61.5 Å². The average molecular weight is 944 g/mol. The number of rotatable bonds is 26. The molecule has 11 nitrogen and oxygen atoms in total. The van der Waals surface area contributed by atoms with Crippen molar-refractivity contribution in [3.63, 3.8) is 0 Å². The molecule has 1 aliphatic rings. The van der Waals surface area contributed by atoms with Crippen LogP contribution in [0.3, 0.4) is 0 Å². The maximum Gasteiger partial charge on any atom is 0.259 e. The third-order valence-corrected chi connectivity index (χ3v) is 15.1. The predicted octanol–water partition coefficient (Wildman–Crippen LogP) is 12.2. The van der Waals surface area contributed by atoms with Crippen molar-refractivity contribution >= 4 is 31.0 Å². The Kier molecular flexibility index (Phi) is 19.4. The topological polar surface area (TPSA) is 100 Å². The standard InChI is InChI=1S/C56H70N3O8P/c1-40(2)59(41(3)4)68(66-34-33-57-6)67-53-37-49(39-65-56(46-17-13-12-14-18-46,47-24-29-50(62-7)30-25-47)48-26-31-51(63-8)32-27-48)58(38-53)55(61)20-16-11-10-15-19-54(60)42(5)43-21-22-45-36-52(64-9)28-23-44(45)35-43/h12-14,17-18,21-32,35-36,40-42,49,53H,10-11,15-16,19-20,33-34,37-39H2,1-5,7-9H3/t42-,49-,53+,68?/m0/s1. The lowest BCUT2D eigenvalue weighted by molar-refractivity contribution is -0.134. The summed E-state index contributed by atoms with van der Waals surface area (Å²) in [5.74, 6) is 2.34. The summed E-state index contributed by atoms with van der Waals surface area (Å²) in [6, 6.07) is 38.2. The van der Waals surface area contributed by atoms with Gasteiger partial charge in [0.05, 0.1) is 40.1 Å². The average Bonchev–Trinajstić information content (AvgIpc) is 3.77. The number of ether oxygens (including phenoxy) is 4. The minimum Gasteiger partial charge on any atom is -0.497 e. The molecule has 1 saturated heterocycles. The molecule has 0 spiro atoms. The van der Waals surface area contributed by atoms with E-state index < -0.39 is 14.1 Å². The Morgan fingerprint density at radius 1 is 0.721 bits per heavy atom. The lowest BCUT2D eigenvalue weighted by Crippen LogP contribution is -2.42. The van der Waals surface area contributed by atoms with Crippen molar-refractivity contribution in [3.8, 4) is 17.2 Å². The van der Waals surface area contributed by atoms with Gasteiger partial charge in [0.1, 0.15) is 35.2 Å². The number of methoxy groups -OCH3 is 3. The fourth-order valence-corrected chi connectivity index (χ4v) is 10.9. The van der Waals surface area contributed by atoms with E-state index in [4.69, 9.17) is 34.6 Å². The molecule has 0 aromatic heterocycles. The van der Waals surface area contributed by atoms with Crippen LogP contribution in [-0.4, -0.2) is 93.1 Å². The number of Topliss-reactive ketones (excluding diaryl/α,β-unsaturated/α-hetero) is 1. The van der Waals surface area contributed by atoms with E-state index in [9.17, 15) is 9.59 Å². The van der Waals surface area contributed by atoms with Crippen molar-refractivity contribution in [1.29, 1.82) is 0 Å². The highest BCUT2D eigenvalue weighted by Crippen LogP contribution is 2.49. The monoisotopic (exact) mass is 943 g/mol. The normalized spacial score (nSPS) is 16.0. The summed E-state index contributed by atoms with van der Waals surface area (Å²) in [6.45, 7) is 19.0. The summed E-state index contributed by atoms with van der Waals surface area (Å²) in [6.07, 6.45) is 4.27. The Balaban J connectivity index is 1.19. The molecule has 362 valence electrons. The van der Waals surface area contributed by atoms with Crippen LogP contribution < -0.4 is 14.2 Å². The molecule has 0 saturated carbocycles. The molecule has 12 heteroatoms. The Morgan fingerprint density at radius 2 is 1.28 bits per heavy atom. The molecule has 5 aromatic rings. The molecule has 4 atom stereocenters. The van der Waals surface area contributed by atoms with E-state index in [0.717, 1.165) is 69.5 Å². The first-order valence-electron chi connectivity index (χ1n) is 24.0. The molecule has 6 rings (SSSR count). The molecule has 1 heterocycles. The van der Waals surface area contributed by atoms with Crippen LogP contribution in [0, 0.1) is 6.57 Å². The molecule has 68 heavy (non-hydrogen) atoms. The number of nitrogens with zero attached hydrogens (tertiary/aromatic N) is 3. The van der Waals surface area contributed by atoms with Crippen LogP contribution in [-0.2, 0) is 29.0 Å². The van der Waals surface area contributed by atoms with Crippen LogP contribution in [0.15, 0.2) is 115 Å². The summed E-state index contributed by atoms with van der Waals surface area (Å²) in [7, 11) is 3.44. The van der Waals surface area contributed by atoms with Gasteiger partial charge >= 0.3 is 0 Å². The van der Waals surface area contributed by atoms with Gasteiger partial charge < -0.3 is 37.7 Å². The first kappa shape index (κ1) is 52.0. The highest BCUT2D eigenvalue weighted by Gasteiger charge is 2.43. The van der Waals surface area contributed by atoms with Crippen LogP contribution in [0.4, 0.5) is 0 Å². The van der Waals surface area contributed by atoms with Crippen molar-refractivity contribution in [2.45, 2.75) is 115 Å². The van der Waals surface area contributed by atoms with Gasteiger partial charge in [-0.25, -0.2) is 11.2 Å². The third kappa shape index (κ3) is 13.0. The van der Waals surface area contributed by atoms with E-state index in [1.807, 2.05) is 103 Å². The van der Waals surface area contributed by atoms with Crippen LogP contribution >= 0.6 is 8.53 Å². The number of fused-ring (bicyclic) bond motifs is 1. The van der Waals surface area contributed by atoms with E-state index in [1.165, 1.54) is 0 Å². The van der Waals surface area contributed by atoms with Gasteiger partial charge in [0, 0.05) is 37.4 Å². The van der Waals surface area contributed by atoms with Gasteiger partial charge in [-0.3, -0.25) is 9.59 Å². The van der Waals surface area contributed by atoms with Gasteiger partial charge in [0.2, 0.25) is 12.5 Å². The van der Waals surface area contributed by atoms with Crippen molar-refractivity contribution in [3.05, 3.63) is 149 Å². The molecule has 5 aromatic carbocycles. The SMILES string of the molecule is [C-]#[N+]CCOP(O[C@@H]1C[C@@H](COC(c2ccccc2)(c2ccc(OC)cc2)c2ccc(OC)cc2)N(C(=O)CCCCCCC(=O)[C@@H](C)c2ccc3cc(OC)ccc3c2)C1)N(C(C)C)C(C)C. The lowest BCUT2D eigenvalue weighted by Gasteiger charge is -2.38. The van der Waals surface area contributed by atoms with Crippen molar-refractivity contribution in [2.75, 3.05) is 47.6 Å². The molecule has 0 bridgehead atoms. The lowest BCUT2D eigenvalue weighted by atomic mass is 9.80. The van der Waals surface area contributed by atoms with Gasteiger partial charge in [0.15, 0.2) is 0 Å². The summed E-state index contributed by atoms with van der Waals surface area (Å²) in [5, 5.41) is 2.16. The number of hydrogen-bond acceptors (Lipinski definition) is 9. The molecular formula is C56H70N3O8P. The fourth-order valence-electron chi connectivity index (χ4n) is 9.24. The molecule has 1 unspecified atom stereocenters. The second kappa shape index (κ2) is 25.3. The van der Waals surface area contributed by atoms with E-state index in [-0.39, 0.29) is 61.6 Å². The number of amides is 1. The highest BCUT2D eigenvalue weighted by molar-refractivity contribution is 7.44. The smallest absolute Gasteiger partial charge is 0.259 e. The number of benzene rings is 5. The zero-order valence-electron chi connectivity index (χ0n) is 41.2. The zero-order chi connectivity index (χ0) is 48.6. The summed E-state index contributed by atoms with van der Waals surface area (Å²) >= 11 is 0.